The molecule has 3 N–H and O–H groups in total. The highest BCUT2D eigenvalue weighted by atomic mass is 35.5. The summed E-state index contributed by atoms with van der Waals surface area (Å²) in [7, 11) is 0. The molecule has 0 fully saturated rings. The maximum atomic E-state index is 12.1. The number of nitrogens with two attached hydrogens (primary N) is 1. The summed E-state index contributed by atoms with van der Waals surface area (Å²) < 4.78 is 4.87. The zero-order chi connectivity index (χ0) is 16.4. The molecule has 7 heteroatoms. The molecular formula is C16H13ClN4O2. The first kappa shape index (κ1) is 15.1. The molecule has 3 rings (SSSR count). The molecule has 3 aromatic rings. The van der Waals surface area contributed by atoms with Crippen molar-refractivity contribution in [2.45, 2.75) is 6.92 Å². The van der Waals surface area contributed by atoms with E-state index >= 15 is 0 Å². The summed E-state index contributed by atoms with van der Waals surface area (Å²) in [6.07, 6.45) is 1.35. The van der Waals surface area contributed by atoms with E-state index < -0.39 is 0 Å². The van der Waals surface area contributed by atoms with Crippen LogP contribution in [0.5, 0.6) is 0 Å². The van der Waals surface area contributed by atoms with E-state index in [0.29, 0.717) is 27.7 Å². The number of halogens is 1. The first-order valence-corrected chi connectivity index (χ1v) is 7.18. The summed E-state index contributed by atoms with van der Waals surface area (Å²) in [5, 5.41) is 6.81. The number of aryl methyl sites for hydroxylation is 1. The van der Waals surface area contributed by atoms with Gasteiger partial charge in [0, 0.05) is 16.1 Å². The Labute approximate surface area is 137 Å². The zero-order valence-electron chi connectivity index (χ0n) is 12.2. The predicted molar refractivity (Wildman–Crippen MR) is 88.3 cm³/mol. The van der Waals surface area contributed by atoms with Crippen LogP contribution in [0.2, 0.25) is 5.02 Å². The highest BCUT2D eigenvalue weighted by Gasteiger charge is 2.15. The maximum Gasteiger partial charge on any atom is 0.262 e. The molecule has 2 heterocycles. The molecule has 0 aliphatic heterocycles. The van der Waals surface area contributed by atoms with E-state index in [0.717, 1.165) is 5.56 Å². The van der Waals surface area contributed by atoms with Gasteiger partial charge in [-0.1, -0.05) is 35.0 Å². The smallest absolute Gasteiger partial charge is 0.262 e. The molecule has 116 valence electrons. The molecule has 1 amide bonds. The minimum absolute atomic E-state index is 0.276. The van der Waals surface area contributed by atoms with E-state index in [4.69, 9.17) is 21.9 Å². The zero-order valence-corrected chi connectivity index (χ0v) is 13.0. The van der Waals surface area contributed by atoms with Crippen molar-refractivity contribution in [2.75, 3.05) is 11.1 Å². The van der Waals surface area contributed by atoms with Gasteiger partial charge in [-0.05, 0) is 25.1 Å². The minimum atomic E-state index is -0.360. The predicted octanol–water partition coefficient (Wildman–Crippen LogP) is 3.53. The van der Waals surface area contributed by atoms with Crippen LogP contribution in [0.15, 0.2) is 47.1 Å². The first-order valence-electron chi connectivity index (χ1n) is 6.80. The number of aromatic nitrogens is 2. The third-order valence-corrected chi connectivity index (χ3v) is 3.66. The van der Waals surface area contributed by atoms with Crippen molar-refractivity contribution in [1.29, 1.82) is 0 Å². The molecule has 0 radical (unpaired) electrons. The number of carbonyl (C=O) groups excluding carboxylic acids is 1. The lowest BCUT2D eigenvalue weighted by atomic mass is 10.1. The van der Waals surface area contributed by atoms with Crippen LogP contribution in [0.25, 0.3) is 11.1 Å². The normalized spacial score (nSPS) is 10.5. The molecule has 0 aliphatic rings. The molecule has 0 saturated carbocycles. The molecule has 0 spiro atoms. The lowest BCUT2D eigenvalue weighted by Gasteiger charge is -2.09. The number of pyridine rings is 1. The van der Waals surface area contributed by atoms with Gasteiger partial charge in [-0.25, -0.2) is 4.98 Å². The maximum absolute atomic E-state index is 12.1. The third kappa shape index (κ3) is 3.02. The van der Waals surface area contributed by atoms with Crippen molar-refractivity contribution in [3.8, 4) is 11.1 Å². The van der Waals surface area contributed by atoms with Crippen molar-refractivity contribution in [3.05, 3.63) is 58.9 Å². The monoisotopic (exact) mass is 328 g/mol. The number of amides is 1. The van der Waals surface area contributed by atoms with Gasteiger partial charge in [-0.2, -0.15) is 0 Å². The topological polar surface area (TPSA) is 94.0 Å². The Hall–Kier alpha value is -2.86. The highest BCUT2D eigenvalue weighted by Crippen LogP contribution is 2.31. The summed E-state index contributed by atoms with van der Waals surface area (Å²) >= 11 is 6.17. The van der Waals surface area contributed by atoms with Gasteiger partial charge in [0.25, 0.3) is 5.91 Å². The average Bonchev–Trinajstić information content (AvgIpc) is 2.95. The van der Waals surface area contributed by atoms with Crippen molar-refractivity contribution in [3.63, 3.8) is 0 Å². The fourth-order valence-electron chi connectivity index (χ4n) is 2.15. The molecule has 0 bridgehead atoms. The van der Waals surface area contributed by atoms with Crippen molar-refractivity contribution in [1.82, 2.24) is 10.1 Å². The number of rotatable bonds is 3. The molecule has 2 aromatic heterocycles. The summed E-state index contributed by atoms with van der Waals surface area (Å²) in [5.41, 5.74) is 7.83. The quantitative estimate of drug-likeness (QED) is 0.767. The number of carbonyl (C=O) groups is 1. The number of hydrogen-bond donors (Lipinski definition) is 2. The van der Waals surface area contributed by atoms with E-state index in [1.54, 1.807) is 25.1 Å². The molecule has 0 unspecified atom stereocenters. The van der Waals surface area contributed by atoms with E-state index in [9.17, 15) is 4.79 Å². The van der Waals surface area contributed by atoms with Crippen LogP contribution in [-0.4, -0.2) is 16.0 Å². The number of anilines is 2. The summed E-state index contributed by atoms with van der Waals surface area (Å²) in [5.74, 6) is 0.686. The lowest BCUT2D eigenvalue weighted by Crippen LogP contribution is -2.13. The second kappa shape index (κ2) is 6.10. The number of hydrogen-bond acceptors (Lipinski definition) is 5. The molecule has 6 nitrogen and oxygen atoms in total. The van der Waals surface area contributed by atoms with Gasteiger partial charge in [0.05, 0.1) is 6.20 Å². The highest BCUT2D eigenvalue weighted by molar-refractivity contribution is 6.33. The van der Waals surface area contributed by atoms with Gasteiger partial charge in [0.1, 0.15) is 23.0 Å². The molecule has 0 saturated heterocycles. The summed E-state index contributed by atoms with van der Waals surface area (Å²) in [6, 6.07) is 10.8. The Bertz CT molecular complexity index is 876. The fourth-order valence-corrected chi connectivity index (χ4v) is 2.39. The van der Waals surface area contributed by atoms with E-state index in [2.05, 4.69) is 15.5 Å². The Morgan fingerprint density at radius 2 is 2.00 bits per heavy atom. The molecule has 23 heavy (non-hydrogen) atoms. The van der Waals surface area contributed by atoms with Gasteiger partial charge < -0.3 is 15.6 Å². The third-order valence-electron chi connectivity index (χ3n) is 3.33. The standard InChI is InChI=1S/C16H13ClN4O2/c1-9-12(8-19-23-9)16(22)21-14-7-6-11(15(18)20-14)10-4-2-3-5-13(10)17/h2-8H,1H3,(H3,18,20,21,22). The average molecular weight is 329 g/mol. The molecule has 0 atom stereocenters. The number of nitrogens with one attached hydrogen (secondary N) is 1. The van der Waals surface area contributed by atoms with E-state index in [-0.39, 0.29) is 11.7 Å². The van der Waals surface area contributed by atoms with E-state index in [1.807, 2.05) is 18.2 Å². The van der Waals surface area contributed by atoms with Crippen molar-refractivity contribution in [2.24, 2.45) is 0 Å². The number of nitrogen functional groups attached to an aromatic ring is 1. The Kier molecular flexibility index (Phi) is 3.99. The van der Waals surface area contributed by atoms with Gasteiger partial charge >= 0.3 is 0 Å². The van der Waals surface area contributed by atoms with Crippen LogP contribution in [-0.2, 0) is 0 Å². The minimum Gasteiger partial charge on any atom is -0.383 e. The molecule has 0 aliphatic carbocycles. The van der Waals surface area contributed by atoms with Crippen LogP contribution < -0.4 is 11.1 Å². The molecule has 1 aromatic carbocycles. The summed E-state index contributed by atoms with van der Waals surface area (Å²) in [4.78, 5) is 16.3. The SMILES string of the molecule is Cc1oncc1C(=O)Nc1ccc(-c2ccccc2Cl)c(N)n1. The van der Waals surface area contributed by atoms with Crippen LogP contribution in [0, 0.1) is 6.92 Å². The van der Waals surface area contributed by atoms with Gasteiger partial charge in [-0.3, -0.25) is 4.79 Å². The van der Waals surface area contributed by atoms with Gasteiger partial charge in [-0.15, -0.1) is 0 Å². The first-order chi connectivity index (χ1) is 11.1. The van der Waals surface area contributed by atoms with Gasteiger partial charge in [0.15, 0.2) is 0 Å². The van der Waals surface area contributed by atoms with Crippen LogP contribution in [0.4, 0.5) is 11.6 Å². The van der Waals surface area contributed by atoms with Gasteiger partial charge in [0.2, 0.25) is 0 Å². The Morgan fingerprint density at radius 1 is 1.22 bits per heavy atom. The Balaban J connectivity index is 1.87. The lowest BCUT2D eigenvalue weighted by molar-refractivity contribution is 0.102. The van der Waals surface area contributed by atoms with Crippen LogP contribution in [0.1, 0.15) is 16.1 Å². The van der Waals surface area contributed by atoms with Crippen molar-refractivity contribution >= 4 is 29.1 Å². The second-order valence-electron chi connectivity index (χ2n) is 4.86. The molecular weight excluding hydrogens is 316 g/mol. The Morgan fingerprint density at radius 3 is 2.65 bits per heavy atom. The van der Waals surface area contributed by atoms with Crippen LogP contribution in [0.3, 0.4) is 0 Å². The second-order valence-corrected chi connectivity index (χ2v) is 5.27. The number of nitrogens with zero attached hydrogens (tertiary/aromatic N) is 2. The largest absolute Gasteiger partial charge is 0.383 e. The number of benzene rings is 1. The van der Waals surface area contributed by atoms with Crippen molar-refractivity contribution < 1.29 is 9.32 Å². The van der Waals surface area contributed by atoms with E-state index in [1.165, 1.54) is 6.20 Å². The van der Waals surface area contributed by atoms with Crippen LogP contribution >= 0.6 is 11.6 Å². The summed E-state index contributed by atoms with van der Waals surface area (Å²) in [6.45, 7) is 1.66. The fraction of sp³-hybridized carbons (Fsp3) is 0.0625.